The van der Waals surface area contributed by atoms with Crippen LogP contribution in [-0.2, 0) is 0 Å². The average molecular weight is 263 g/mol. The first-order valence-electron chi connectivity index (χ1n) is 6.23. The van der Waals surface area contributed by atoms with Crippen LogP contribution in [0, 0.1) is 0 Å². The first kappa shape index (κ1) is 12.1. The van der Waals surface area contributed by atoms with Gasteiger partial charge in [0.25, 0.3) is 0 Å². The molecule has 4 rings (SSSR count). The molecular weight excluding hydrogens is 250 g/mol. The van der Waals surface area contributed by atoms with Gasteiger partial charge in [-0.1, -0.05) is 53.7 Å². The summed E-state index contributed by atoms with van der Waals surface area (Å²) in [5.41, 5.74) is 3.60. The molecule has 0 aliphatic carbocycles. The first-order chi connectivity index (χ1) is 9.93. The standard InChI is InChI=1S/C14H11N.CH2N4/c1-2-6-11(7-3-1)14-10-12-8-4-5-9-13(12)15-14;1-2-4-5-3-1/h1-10,15H;1H,(H,2,3,4,5). The van der Waals surface area contributed by atoms with Crippen molar-refractivity contribution >= 4 is 10.9 Å². The number of nitrogens with one attached hydrogen (secondary N) is 2. The fourth-order valence-corrected chi connectivity index (χ4v) is 1.98. The zero-order valence-corrected chi connectivity index (χ0v) is 10.7. The Balaban J connectivity index is 0.000000205. The number of rotatable bonds is 1. The van der Waals surface area contributed by atoms with Gasteiger partial charge in [-0.15, -0.1) is 10.2 Å². The summed E-state index contributed by atoms with van der Waals surface area (Å²) in [6, 6.07) is 20.9. The number of hydrogen-bond acceptors (Lipinski definition) is 3. The van der Waals surface area contributed by atoms with Crippen LogP contribution < -0.4 is 0 Å². The van der Waals surface area contributed by atoms with Crippen LogP contribution in [0.15, 0.2) is 67.0 Å². The smallest absolute Gasteiger partial charge is 0.161 e. The minimum atomic E-state index is 1.18. The van der Waals surface area contributed by atoms with Crippen LogP contribution in [0.3, 0.4) is 0 Å². The largest absolute Gasteiger partial charge is 0.355 e. The van der Waals surface area contributed by atoms with Crippen molar-refractivity contribution in [3.8, 4) is 11.3 Å². The molecule has 0 fully saturated rings. The minimum absolute atomic E-state index is 1.18. The summed E-state index contributed by atoms with van der Waals surface area (Å²) in [7, 11) is 0. The third kappa shape index (κ3) is 2.72. The van der Waals surface area contributed by atoms with Gasteiger partial charge in [0.1, 0.15) is 0 Å². The highest BCUT2D eigenvalue weighted by Gasteiger charge is 2.00. The predicted octanol–water partition coefficient (Wildman–Crippen LogP) is 3.03. The molecule has 5 heteroatoms. The van der Waals surface area contributed by atoms with Crippen molar-refractivity contribution in [3.63, 3.8) is 0 Å². The highest BCUT2D eigenvalue weighted by molar-refractivity contribution is 5.85. The van der Waals surface area contributed by atoms with Crippen molar-refractivity contribution in [2.75, 3.05) is 0 Å². The first-order valence-corrected chi connectivity index (χ1v) is 6.23. The molecule has 2 heterocycles. The number of hydrogen-bond donors (Lipinski definition) is 2. The zero-order valence-electron chi connectivity index (χ0n) is 10.7. The molecular formula is C15H13N5. The Morgan fingerprint density at radius 3 is 2.30 bits per heavy atom. The van der Waals surface area contributed by atoms with Gasteiger partial charge in [0.05, 0.1) is 0 Å². The quantitative estimate of drug-likeness (QED) is 0.554. The van der Waals surface area contributed by atoms with Crippen molar-refractivity contribution in [2.45, 2.75) is 0 Å². The molecule has 0 atom stereocenters. The number of fused-ring (bicyclic) bond motifs is 1. The number of nitrogens with zero attached hydrogens (tertiary/aromatic N) is 3. The topological polar surface area (TPSA) is 70.2 Å². The van der Waals surface area contributed by atoms with Gasteiger partial charge in [-0.2, -0.15) is 5.21 Å². The molecule has 5 nitrogen and oxygen atoms in total. The van der Waals surface area contributed by atoms with Crippen molar-refractivity contribution in [1.82, 2.24) is 25.6 Å². The molecule has 20 heavy (non-hydrogen) atoms. The van der Waals surface area contributed by atoms with Gasteiger partial charge < -0.3 is 4.98 Å². The molecule has 98 valence electrons. The van der Waals surface area contributed by atoms with Crippen molar-refractivity contribution in [2.24, 2.45) is 0 Å². The van der Waals surface area contributed by atoms with Gasteiger partial charge in [0, 0.05) is 16.6 Å². The van der Waals surface area contributed by atoms with Gasteiger partial charge in [-0.25, -0.2) is 0 Å². The lowest BCUT2D eigenvalue weighted by Gasteiger charge is -1.94. The number of tetrazole rings is 1. The Bertz CT molecular complexity index is 709. The van der Waals surface area contributed by atoms with E-state index in [9.17, 15) is 0 Å². The minimum Gasteiger partial charge on any atom is -0.355 e. The molecule has 0 radical (unpaired) electrons. The second kappa shape index (κ2) is 5.79. The molecule has 0 amide bonds. The Kier molecular flexibility index (Phi) is 3.51. The number of H-pyrrole nitrogens is 2. The van der Waals surface area contributed by atoms with Crippen molar-refractivity contribution in [1.29, 1.82) is 0 Å². The normalized spacial score (nSPS) is 10.0. The van der Waals surface area contributed by atoms with E-state index in [1.807, 2.05) is 12.1 Å². The van der Waals surface area contributed by atoms with Crippen LogP contribution in [0.5, 0.6) is 0 Å². The van der Waals surface area contributed by atoms with Crippen molar-refractivity contribution in [3.05, 3.63) is 67.0 Å². The maximum Gasteiger partial charge on any atom is 0.161 e. The molecule has 2 aromatic heterocycles. The molecule has 0 bridgehead atoms. The number of benzene rings is 2. The summed E-state index contributed by atoms with van der Waals surface area (Å²) in [4.78, 5) is 3.41. The molecule has 0 unspecified atom stereocenters. The SMILES string of the molecule is c1ccc(-c2cc3ccccc3[nH]2)cc1.c1nn[nH]n1. The molecule has 0 saturated carbocycles. The van der Waals surface area contributed by atoms with Gasteiger partial charge in [-0.3, -0.25) is 0 Å². The highest BCUT2D eigenvalue weighted by atomic mass is 15.5. The van der Waals surface area contributed by atoms with E-state index in [1.165, 1.54) is 28.5 Å². The summed E-state index contributed by atoms with van der Waals surface area (Å²) >= 11 is 0. The molecule has 0 spiro atoms. The van der Waals surface area contributed by atoms with E-state index in [0.29, 0.717) is 0 Å². The summed E-state index contributed by atoms with van der Waals surface area (Å²) < 4.78 is 0. The van der Waals surface area contributed by atoms with E-state index in [0.717, 1.165) is 0 Å². The third-order valence-corrected chi connectivity index (χ3v) is 2.88. The van der Waals surface area contributed by atoms with E-state index in [4.69, 9.17) is 0 Å². The zero-order chi connectivity index (χ0) is 13.6. The molecule has 2 aromatic carbocycles. The van der Waals surface area contributed by atoms with Crippen molar-refractivity contribution < 1.29 is 0 Å². The van der Waals surface area contributed by atoms with Crippen LogP contribution in [0.2, 0.25) is 0 Å². The van der Waals surface area contributed by atoms with Gasteiger partial charge in [0.2, 0.25) is 0 Å². The lowest BCUT2D eigenvalue weighted by Crippen LogP contribution is -1.74. The van der Waals surface area contributed by atoms with Gasteiger partial charge in [0.15, 0.2) is 6.33 Å². The van der Waals surface area contributed by atoms with Gasteiger partial charge >= 0.3 is 0 Å². The van der Waals surface area contributed by atoms with E-state index in [2.05, 4.69) is 74.1 Å². The third-order valence-electron chi connectivity index (χ3n) is 2.88. The predicted molar refractivity (Wildman–Crippen MR) is 77.9 cm³/mol. The lowest BCUT2D eigenvalue weighted by molar-refractivity contribution is 0.881. The maximum absolute atomic E-state index is 3.41. The number of para-hydroxylation sites is 1. The summed E-state index contributed by atoms with van der Waals surface area (Å²) in [6.07, 6.45) is 1.33. The van der Waals surface area contributed by atoms with E-state index in [1.54, 1.807) is 0 Å². The second-order valence-electron chi connectivity index (χ2n) is 4.20. The summed E-state index contributed by atoms with van der Waals surface area (Å²) in [5.74, 6) is 0. The Morgan fingerprint density at radius 1 is 0.850 bits per heavy atom. The van der Waals surface area contributed by atoms with Crippen LogP contribution in [0.1, 0.15) is 0 Å². The molecule has 0 aliphatic rings. The van der Waals surface area contributed by atoms with Crippen LogP contribution in [0.25, 0.3) is 22.2 Å². The Morgan fingerprint density at radius 2 is 1.65 bits per heavy atom. The molecule has 0 aliphatic heterocycles. The Hall–Kier alpha value is -2.95. The van der Waals surface area contributed by atoms with E-state index >= 15 is 0 Å². The average Bonchev–Trinajstić information content (AvgIpc) is 3.20. The molecule has 0 saturated heterocycles. The number of aromatic nitrogens is 5. The Labute approximate surface area is 115 Å². The molecule has 4 aromatic rings. The summed E-state index contributed by atoms with van der Waals surface area (Å²) in [5, 5.41) is 13.4. The lowest BCUT2D eigenvalue weighted by atomic mass is 10.1. The maximum atomic E-state index is 3.41. The van der Waals surface area contributed by atoms with Crippen LogP contribution >= 0.6 is 0 Å². The second-order valence-corrected chi connectivity index (χ2v) is 4.20. The van der Waals surface area contributed by atoms with Crippen LogP contribution in [0.4, 0.5) is 0 Å². The van der Waals surface area contributed by atoms with Gasteiger partial charge in [-0.05, 0) is 17.7 Å². The monoisotopic (exact) mass is 263 g/mol. The fourth-order valence-electron chi connectivity index (χ4n) is 1.98. The van der Waals surface area contributed by atoms with E-state index in [-0.39, 0.29) is 0 Å². The van der Waals surface area contributed by atoms with Crippen LogP contribution in [-0.4, -0.2) is 25.6 Å². The van der Waals surface area contributed by atoms with E-state index < -0.39 is 0 Å². The fraction of sp³-hybridized carbons (Fsp3) is 0. The highest BCUT2D eigenvalue weighted by Crippen LogP contribution is 2.23. The number of aromatic amines is 2. The summed E-state index contributed by atoms with van der Waals surface area (Å²) in [6.45, 7) is 0. The molecule has 2 N–H and O–H groups in total.